The summed E-state index contributed by atoms with van der Waals surface area (Å²) >= 11 is 3.40. The third kappa shape index (κ3) is 3.17. The Bertz CT molecular complexity index is 629. The number of benzene rings is 2. The second-order valence-corrected chi connectivity index (χ2v) is 5.60. The first-order chi connectivity index (χ1) is 9.49. The number of nitrogens with zero attached hydrogens (tertiary/aromatic N) is 2. The molecule has 0 radical (unpaired) electrons. The molecule has 4 nitrogen and oxygen atoms in total. The Hall–Kier alpha value is -1.88. The zero-order valence-corrected chi connectivity index (χ0v) is 12.9. The number of anilines is 1. The highest BCUT2D eigenvalue weighted by Crippen LogP contribution is 2.34. The van der Waals surface area contributed by atoms with Crippen LogP contribution < -0.4 is 4.90 Å². The lowest BCUT2D eigenvalue weighted by atomic mass is 10.1. The summed E-state index contributed by atoms with van der Waals surface area (Å²) in [5.41, 5.74) is 2.54. The molecule has 0 saturated heterocycles. The summed E-state index contributed by atoms with van der Waals surface area (Å²) in [5.74, 6) is 0. The molecule has 20 heavy (non-hydrogen) atoms. The van der Waals surface area contributed by atoms with Crippen LogP contribution in [0.2, 0.25) is 0 Å². The topological polar surface area (TPSA) is 46.4 Å². The maximum Gasteiger partial charge on any atom is 0.295 e. The highest BCUT2D eigenvalue weighted by molar-refractivity contribution is 9.10. The molecular weight excluding hydrogens is 320 g/mol. The summed E-state index contributed by atoms with van der Waals surface area (Å²) in [5, 5.41) is 11.3. The maximum atomic E-state index is 11.3. The number of rotatable bonds is 4. The van der Waals surface area contributed by atoms with Gasteiger partial charge in [0.1, 0.15) is 5.69 Å². The largest absolute Gasteiger partial charge is 0.365 e. The van der Waals surface area contributed by atoms with Crippen molar-refractivity contribution in [3.8, 4) is 0 Å². The van der Waals surface area contributed by atoms with Gasteiger partial charge in [-0.15, -0.1) is 0 Å². The van der Waals surface area contributed by atoms with Crippen LogP contribution in [0.5, 0.6) is 0 Å². The molecule has 104 valence electrons. The Kier molecular flexibility index (Phi) is 4.39. The van der Waals surface area contributed by atoms with Gasteiger partial charge in [-0.2, -0.15) is 0 Å². The normalized spacial score (nSPS) is 10.3. The lowest BCUT2D eigenvalue weighted by Gasteiger charge is -2.20. The fraction of sp³-hybridized carbons (Fsp3) is 0.200. The van der Waals surface area contributed by atoms with Crippen LogP contribution in [-0.4, -0.2) is 12.0 Å². The molecule has 0 aromatic heterocycles. The second kappa shape index (κ2) is 6.05. The summed E-state index contributed by atoms with van der Waals surface area (Å²) in [6, 6.07) is 13.4. The third-order valence-electron chi connectivity index (χ3n) is 3.10. The minimum atomic E-state index is -0.321. The molecule has 2 aromatic rings. The number of halogens is 1. The summed E-state index contributed by atoms with van der Waals surface area (Å²) in [6.07, 6.45) is 0. The molecule has 0 aliphatic rings. The molecule has 0 atom stereocenters. The van der Waals surface area contributed by atoms with E-state index in [9.17, 15) is 10.1 Å². The van der Waals surface area contributed by atoms with Crippen molar-refractivity contribution < 1.29 is 4.92 Å². The average molecular weight is 335 g/mol. The highest BCUT2D eigenvalue weighted by Gasteiger charge is 2.21. The quantitative estimate of drug-likeness (QED) is 0.618. The van der Waals surface area contributed by atoms with Crippen molar-refractivity contribution in [3.05, 3.63) is 68.2 Å². The van der Waals surface area contributed by atoms with Crippen molar-refractivity contribution >= 4 is 27.3 Å². The van der Waals surface area contributed by atoms with Crippen molar-refractivity contribution in [1.29, 1.82) is 0 Å². The van der Waals surface area contributed by atoms with E-state index in [-0.39, 0.29) is 10.6 Å². The van der Waals surface area contributed by atoms with E-state index in [1.165, 1.54) is 0 Å². The Morgan fingerprint density at radius 2 is 1.90 bits per heavy atom. The van der Waals surface area contributed by atoms with E-state index in [0.29, 0.717) is 17.8 Å². The summed E-state index contributed by atoms with van der Waals surface area (Å²) in [6.45, 7) is 2.38. The number of nitro groups is 1. The van der Waals surface area contributed by atoms with Gasteiger partial charge < -0.3 is 4.90 Å². The Balaban J connectivity index is 2.38. The van der Waals surface area contributed by atoms with Crippen LogP contribution in [0.1, 0.15) is 11.1 Å². The molecule has 0 heterocycles. The predicted octanol–water partition coefficient (Wildman–Crippen LogP) is 4.30. The van der Waals surface area contributed by atoms with Gasteiger partial charge in [0.25, 0.3) is 5.69 Å². The van der Waals surface area contributed by atoms with Crippen LogP contribution in [0, 0.1) is 17.0 Å². The van der Waals surface area contributed by atoms with Gasteiger partial charge in [-0.1, -0.05) is 46.3 Å². The summed E-state index contributed by atoms with van der Waals surface area (Å²) < 4.78 is 0.843. The summed E-state index contributed by atoms with van der Waals surface area (Å²) in [4.78, 5) is 12.8. The van der Waals surface area contributed by atoms with Crippen molar-refractivity contribution in [2.24, 2.45) is 0 Å². The number of nitro benzene ring substituents is 1. The number of hydrogen-bond donors (Lipinski definition) is 0. The molecule has 0 spiro atoms. The molecule has 0 N–H and O–H groups in total. The molecule has 0 amide bonds. The first-order valence-electron chi connectivity index (χ1n) is 6.18. The van der Waals surface area contributed by atoms with Crippen molar-refractivity contribution in [2.45, 2.75) is 13.5 Å². The smallest absolute Gasteiger partial charge is 0.295 e. The van der Waals surface area contributed by atoms with Gasteiger partial charge in [0, 0.05) is 23.6 Å². The van der Waals surface area contributed by atoms with Crippen molar-refractivity contribution in [3.63, 3.8) is 0 Å². The third-order valence-corrected chi connectivity index (χ3v) is 3.56. The first kappa shape index (κ1) is 14.5. The molecule has 0 bridgehead atoms. The fourth-order valence-corrected chi connectivity index (χ4v) is 2.75. The molecule has 5 heteroatoms. The number of aryl methyl sites for hydroxylation is 1. The first-order valence-corrected chi connectivity index (χ1v) is 6.98. The molecule has 0 aliphatic carbocycles. The highest BCUT2D eigenvalue weighted by atomic mass is 79.9. The van der Waals surface area contributed by atoms with Crippen molar-refractivity contribution in [1.82, 2.24) is 0 Å². The van der Waals surface area contributed by atoms with E-state index in [0.717, 1.165) is 10.0 Å². The maximum absolute atomic E-state index is 11.3. The van der Waals surface area contributed by atoms with Crippen LogP contribution in [0.25, 0.3) is 0 Å². The van der Waals surface area contributed by atoms with Crippen LogP contribution in [0.3, 0.4) is 0 Å². The zero-order valence-electron chi connectivity index (χ0n) is 11.3. The van der Waals surface area contributed by atoms with Gasteiger partial charge in [0.15, 0.2) is 0 Å². The minimum Gasteiger partial charge on any atom is -0.365 e. The molecular formula is C15H15BrN2O2. The van der Waals surface area contributed by atoms with Crippen LogP contribution in [-0.2, 0) is 6.54 Å². The Morgan fingerprint density at radius 3 is 2.50 bits per heavy atom. The van der Waals surface area contributed by atoms with E-state index in [1.807, 2.05) is 42.3 Å². The summed E-state index contributed by atoms with van der Waals surface area (Å²) in [7, 11) is 1.86. The van der Waals surface area contributed by atoms with Gasteiger partial charge in [-0.05, 0) is 24.6 Å². The molecule has 0 fully saturated rings. The van der Waals surface area contributed by atoms with Gasteiger partial charge >= 0.3 is 0 Å². The molecule has 0 aliphatic heterocycles. The lowest BCUT2D eigenvalue weighted by molar-refractivity contribution is -0.384. The Morgan fingerprint density at radius 1 is 1.25 bits per heavy atom. The SMILES string of the molecule is Cc1cc(Br)cc(N(C)Cc2ccccc2)c1[N+](=O)[O-]. The van der Waals surface area contributed by atoms with Gasteiger partial charge in [0.2, 0.25) is 0 Å². The molecule has 0 unspecified atom stereocenters. The van der Waals surface area contributed by atoms with Gasteiger partial charge in [0.05, 0.1) is 4.92 Å². The zero-order chi connectivity index (χ0) is 14.7. The van der Waals surface area contributed by atoms with Crippen LogP contribution in [0.15, 0.2) is 46.9 Å². The second-order valence-electron chi connectivity index (χ2n) is 4.69. The van der Waals surface area contributed by atoms with E-state index < -0.39 is 0 Å². The predicted molar refractivity (Wildman–Crippen MR) is 84.1 cm³/mol. The fourth-order valence-electron chi connectivity index (χ4n) is 2.19. The van der Waals surface area contributed by atoms with Gasteiger partial charge in [-0.3, -0.25) is 10.1 Å². The standard InChI is InChI=1S/C15H15BrN2O2/c1-11-8-13(16)9-14(15(11)18(19)20)17(2)10-12-6-4-3-5-7-12/h3-9H,10H2,1-2H3. The minimum absolute atomic E-state index is 0.159. The van der Waals surface area contributed by atoms with E-state index in [2.05, 4.69) is 15.9 Å². The van der Waals surface area contributed by atoms with Crippen LogP contribution in [0.4, 0.5) is 11.4 Å². The molecule has 0 saturated carbocycles. The number of hydrogen-bond acceptors (Lipinski definition) is 3. The van der Waals surface area contributed by atoms with E-state index >= 15 is 0 Å². The Labute approximate surface area is 126 Å². The van der Waals surface area contributed by atoms with Crippen LogP contribution >= 0.6 is 15.9 Å². The molecule has 2 rings (SSSR count). The average Bonchev–Trinajstić information content (AvgIpc) is 2.38. The van der Waals surface area contributed by atoms with Gasteiger partial charge in [-0.25, -0.2) is 0 Å². The monoisotopic (exact) mass is 334 g/mol. The van der Waals surface area contributed by atoms with Crippen molar-refractivity contribution in [2.75, 3.05) is 11.9 Å². The molecule has 2 aromatic carbocycles. The lowest BCUT2D eigenvalue weighted by Crippen LogP contribution is -2.18. The van der Waals surface area contributed by atoms with E-state index in [1.54, 1.807) is 19.1 Å². The van der Waals surface area contributed by atoms with E-state index in [4.69, 9.17) is 0 Å².